The highest BCUT2D eigenvalue weighted by Gasteiger charge is 2.19. The molecular formula is C14H10Cl2N2O3. The molecule has 21 heavy (non-hydrogen) atoms. The number of methoxy groups -OCH3 is 1. The van der Waals surface area contributed by atoms with Crippen LogP contribution in [0.3, 0.4) is 0 Å². The van der Waals surface area contributed by atoms with Crippen LogP contribution in [-0.4, -0.2) is 17.6 Å². The summed E-state index contributed by atoms with van der Waals surface area (Å²) in [6.07, 6.45) is 0. The Kier molecular flexibility index (Phi) is 4.41. The zero-order valence-corrected chi connectivity index (χ0v) is 12.7. The Bertz CT molecular complexity index is 747. The van der Waals surface area contributed by atoms with Crippen LogP contribution >= 0.6 is 23.2 Å². The van der Waals surface area contributed by atoms with Crippen LogP contribution in [0.2, 0.25) is 10.2 Å². The van der Waals surface area contributed by atoms with E-state index in [0.717, 1.165) is 0 Å². The number of hydrogen-bond donors (Lipinski definition) is 0. The van der Waals surface area contributed by atoms with Gasteiger partial charge in [0, 0.05) is 13.1 Å². The Morgan fingerprint density at radius 1 is 1.29 bits per heavy atom. The summed E-state index contributed by atoms with van der Waals surface area (Å²) in [5.74, 6) is -0.141. The molecule has 108 valence electrons. The van der Waals surface area contributed by atoms with Gasteiger partial charge in [-0.05, 0) is 18.2 Å². The van der Waals surface area contributed by atoms with E-state index < -0.39 is 5.97 Å². The molecule has 0 aliphatic rings. The lowest BCUT2D eigenvalue weighted by atomic mass is 10.2. The number of halogens is 2. The zero-order chi connectivity index (χ0) is 15.6. The standard InChI is InChI=1S/C14H10Cl2N2O3/c1-18-10(6-9(15)13(18)16)14(19)21-11-4-3-8(7-17)5-12(11)20-2/h3-6H,1-2H3. The van der Waals surface area contributed by atoms with E-state index in [1.807, 2.05) is 6.07 Å². The molecule has 0 N–H and O–H groups in total. The van der Waals surface area contributed by atoms with Crippen molar-refractivity contribution in [2.24, 2.45) is 7.05 Å². The molecule has 0 atom stereocenters. The molecule has 2 aromatic rings. The second kappa shape index (κ2) is 6.08. The Labute approximate surface area is 131 Å². The fourth-order valence-corrected chi connectivity index (χ4v) is 2.09. The number of aromatic nitrogens is 1. The van der Waals surface area contributed by atoms with Crippen molar-refractivity contribution in [2.75, 3.05) is 7.11 Å². The van der Waals surface area contributed by atoms with E-state index in [1.165, 1.54) is 35.9 Å². The first-order valence-electron chi connectivity index (χ1n) is 5.79. The maximum atomic E-state index is 12.1. The highest BCUT2D eigenvalue weighted by Crippen LogP contribution is 2.30. The summed E-state index contributed by atoms with van der Waals surface area (Å²) in [4.78, 5) is 12.1. The van der Waals surface area contributed by atoms with E-state index in [1.54, 1.807) is 7.05 Å². The van der Waals surface area contributed by atoms with Gasteiger partial charge in [-0.15, -0.1) is 0 Å². The highest BCUT2D eigenvalue weighted by molar-refractivity contribution is 6.41. The third kappa shape index (κ3) is 2.97. The number of carbonyl (C=O) groups is 1. The molecule has 0 amide bonds. The topological polar surface area (TPSA) is 64.2 Å². The molecule has 7 heteroatoms. The fraction of sp³-hybridized carbons (Fsp3) is 0.143. The van der Waals surface area contributed by atoms with Gasteiger partial charge in [0.1, 0.15) is 10.8 Å². The number of carbonyl (C=O) groups excluding carboxylic acids is 1. The van der Waals surface area contributed by atoms with Gasteiger partial charge in [0.2, 0.25) is 0 Å². The molecule has 5 nitrogen and oxygen atoms in total. The van der Waals surface area contributed by atoms with Gasteiger partial charge >= 0.3 is 5.97 Å². The van der Waals surface area contributed by atoms with Crippen molar-refractivity contribution in [3.63, 3.8) is 0 Å². The number of benzene rings is 1. The maximum absolute atomic E-state index is 12.1. The van der Waals surface area contributed by atoms with Crippen LogP contribution in [0.15, 0.2) is 24.3 Å². The lowest BCUT2D eigenvalue weighted by molar-refractivity contribution is 0.0720. The Morgan fingerprint density at radius 3 is 2.52 bits per heavy atom. The van der Waals surface area contributed by atoms with E-state index in [2.05, 4.69) is 0 Å². The van der Waals surface area contributed by atoms with Crippen molar-refractivity contribution >= 4 is 29.2 Å². The molecule has 1 aromatic heterocycles. The van der Waals surface area contributed by atoms with Gasteiger partial charge in [-0.2, -0.15) is 5.26 Å². The summed E-state index contributed by atoms with van der Waals surface area (Å²) in [5, 5.41) is 9.34. The molecule has 2 rings (SSSR count). The summed E-state index contributed by atoms with van der Waals surface area (Å²) < 4.78 is 11.8. The number of ether oxygens (including phenoxy) is 2. The van der Waals surface area contributed by atoms with E-state index in [4.69, 9.17) is 37.9 Å². The normalized spacial score (nSPS) is 10.0. The van der Waals surface area contributed by atoms with Gasteiger partial charge in [-0.25, -0.2) is 4.79 Å². The quantitative estimate of drug-likeness (QED) is 0.641. The van der Waals surface area contributed by atoms with Crippen molar-refractivity contribution in [3.8, 4) is 17.6 Å². The SMILES string of the molecule is COc1cc(C#N)ccc1OC(=O)c1cc(Cl)c(Cl)n1C. The van der Waals surface area contributed by atoms with Crippen molar-refractivity contribution in [1.82, 2.24) is 4.57 Å². The van der Waals surface area contributed by atoms with Crippen molar-refractivity contribution < 1.29 is 14.3 Å². The highest BCUT2D eigenvalue weighted by atomic mass is 35.5. The van der Waals surface area contributed by atoms with Crippen molar-refractivity contribution in [2.45, 2.75) is 0 Å². The minimum absolute atomic E-state index is 0.204. The van der Waals surface area contributed by atoms with E-state index in [9.17, 15) is 4.79 Å². The van der Waals surface area contributed by atoms with Crippen molar-refractivity contribution in [1.29, 1.82) is 5.26 Å². The van der Waals surface area contributed by atoms with E-state index in [0.29, 0.717) is 5.56 Å². The Morgan fingerprint density at radius 2 is 2.00 bits per heavy atom. The van der Waals surface area contributed by atoms with Gasteiger partial charge in [0.25, 0.3) is 0 Å². The minimum atomic E-state index is -0.630. The molecule has 0 bridgehead atoms. The molecule has 0 aliphatic heterocycles. The van der Waals surface area contributed by atoms with Gasteiger partial charge < -0.3 is 14.0 Å². The van der Waals surface area contributed by atoms with Crippen LogP contribution in [0.1, 0.15) is 16.1 Å². The van der Waals surface area contributed by atoms with Crippen LogP contribution in [0.5, 0.6) is 11.5 Å². The summed E-state index contributed by atoms with van der Waals surface area (Å²) in [7, 11) is 3.02. The van der Waals surface area contributed by atoms with Crippen LogP contribution in [-0.2, 0) is 7.05 Å². The Balaban J connectivity index is 2.32. The molecule has 0 radical (unpaired) electrons. The minimum Gasteiger partial charge on any atom is -0.493 e. The van der Waals surface area contributed by atoms with Crippen LogP contribution < -0.4 is 9.47 Å². The number of rotatable bonds is 3. The second-order valence-electron chi connectivity index (χ2n) is 4.09. The summed E-state index contributed by atoms with van der Waals surface area (Å²) in [6.45, 7) is 0. The van der Waals surface area contributed by atoms with E-state index in [-0.39, 0.29) is 27.4 Å². The first kappa shape index (κ1) is 15.2. The third-order valence-electron chi connectivity index (χ3n) is 2.82. The van der Waals surface area contributed by atoms with Crippen LogP contribution in [0.25, 0.3) is 0 Å². The van der Waals surface area contributed by atoms with Gasteiger partial charge in [0.05, 0.1) is 23.8 Å². The molecular weight excluding hydrogens is 315 g/mol. The first-order valence-corrected chi connectivity index (χ1v) is 6.54. The second-order valence-corrected chi connectivity index (χ2v) is 4.86. The zero-order valence-electron chi connectivity index (χ0n) is 11.2. The van der Waals surface area contributed by atoms with E-state index >= 15 is 0 Å². The lowest BCUT2D eigenvalue weighted by Crippen LogP contribution is -2.13. The van der Waals surface area contributed by atoms with Gasteiger partial charge in [-0.3, -0.25) is 0 Å². The average molecular weight is 325 g/mol. The predicted octanol–water partition coefficient (Wildman–Crippen LogP) is 3.43. The molecule has 0 spiro atoms. The number of nitrogens with zero attached hydrogens (tertiary/aromatic N) is 2. The lowest BCUT2D eigenvalue weighted by Gasteiger charge is -2.09. The molecule has 1 aromatic carbocycles. The number of esters is 1. The average Bonchev–Trinajstić information content (AvgIpc) is 2.75. The van der Waals surface area contributed by atoms with Crippen LogP contribution in [0, 0.1) is 11.3 Å². The van der Waals surface area contributed by atoms with Gasteiger partial charge in [-0.1, -0.05) is 23.2 Å². The maximum Gasteiger partial charge on any atom is 0.360 e. The first-order chi connectivity index (χ1) is 9.97. The molecule has 0 unspecified atom stereocenters. The smallest absolute Gasteiger partial charge is 0.360 e. The third-order valence-corrected chi connectivity index (χ3v) is 3.66. The largest absolute Gasteiger partial charge is 0.493 e. The van der Waals surface area contributed by atoms with Crippen molar-refractivity contribution in [3.05, 3.63) is 45.7 Å². The predicted molar refractivity (Wildman–Crippen MR) is 78.1 cm³/mol. The summed E-state index contributed by atoms with van der Waals surface area (Å²) >= 11 is 11.8. The number of nitriles is 1. The Hall–Kier alpha value is -2.16. The van der Waals surface area contributed by atoms with Crippen LogP contribution in [0.4, 0.5) is 0 Å². The summed E-state index contributed by atoms with van der Waals surface area (Å²) in [5.41, 5.74) is 0.605. The van der Waals surface area contributed by atoms with Gasteiger partial charge in [0.15, 0.2) is 11.5 Å². The molecule has 0 aliphatic carbocycles. The molecule has 0 saturated carbocycles. The molecule has 0 fully saturated rings. The monoisotopic (exact) mass is 324 g/mol. The fourth-order valence-electron chi connectivity index (χ4n) is 1.71. The molecule has 1 heterocycles. The number of hydrogen-bond acceptors (Lipinski definition) is 4. The summed E-state index contributed by atoms with van der Waals surface area (Å²) in [6, 6.07) is 7.88. The molecule has 0 saturated heterocycles.